The van der Waals surface area contributed by atoms with Crippen molar-refractivity contribution in [2.24, 2.45) is 0 Å². The van der Waals surface area contributed by atoms with Crippen LogP contribution in [0.5, 0.6) is 11.5 Å². The van der Waals surface area contributed by atoms with Gasteiger partial charge in [-0.15, -0.1) is 0 Å². The number of aromatic nitrogens is 1. The molecule has 0 atom stereocenters. The second kappa shape index (κ2) is 6.60. The molecule has 0 aliphatic carbocycles. The minimum absolute atomic E-state index is 0.0379. The minimum Gasteiger partial charge on any atom is -0.496 e. The average molecular weight is 329 g/mol. The van der Waals surface area contributed by atoms with Gasteiger partial charge in [-0.1, -0.05) is 23.2 Å². The summed E-state index contributed by atoms with van der Waals surface area (Å²) in [6.45, 7) is 0.0379. The van der Waals surface area contributed by atoms with Gasteiger partial charge in [-0.2, -0.15) is 0 Å². The molecule has 1 heterocycles. The van der Waals surface area contributed by atoms with E-state index in [9.17, 15) is 10.1 Å². The predicted octanol–water partition coefficient (Wildman–Crippen LogP) is 3.88. The van der Waals surface area contributed by atoms with Gasteiger partial charge in [0.2, 0.25) is 0 Å². The van der Waals surface area contributed by atoms with Crippen LogP contribution in [0.15, 0.2) is 30.5 Å². The van der Waals surface area contributed by atoms with Crippen LogP contribution in [0, 0.1) is 10.1 Å². The van der Waals surface area contributed by atoms with Crippen molar-refractivity contribution in [1.82, 2.24) is 4.98 Å². The third-order valence-corrected chi connectivity index (χ3v) is 3.20. The third kappa shape index (κ3) is 3.74. The van der Waals surface area contributed by atoms with Gasteiger partial charge in [0.15, 0.2) is 5.75 Å². The Balaban J connectivity index is 2.21. The summed E-state index contributed by atoms with van der Waals surface area (Å²) >= 11 is 11.7. The van der Waals surface area contributed by atoms with Crippen LogP contribution in [0.1, 0.15) is 5.56 Å². The van der Waals surface area contributed by atoms with Crippen LogP contribution in [0.25, 0.3) is 0 Å². The molecule has 0 aliphatic rings. The zero-order chi connectivity index (χ0) is 15.4. The smallest absolute Gasteiger partial charge is 0.314 e. The van der Waals surface area contributed by atoms with Gasteiger partial charge in [-0.3, -0.25) is 10.1 Å². The van der Waals surface area contributed by atoms with E-state index in [0.29, 0.717) is 16.3 Å². The number of nitrogens with zero attached hydrogens (tertiary/aromatic N) is 2. The molecule has 0 bridgehead atoms. The Morgan fingerprint density at radius 1 is 1.33 bits per heavy atom. The fraction of sp³-hybridized carbons (Fsp3) is 0.154. The molecule has 0 aliphatic heterocycles. The van der Waals surface area contributed by atoms with Gasteiger partial charge in [0, 0.05) is 11.8 Å². The van der Waals surface area contributed by atoms with Crippen LogP contribution in [0.4, 0.5) is 5.69 Å². The lowest BCUT2D eigenvalue weighted by Crippen LogP contribution is -2.00. The zero-order valence-corrected chi connectivity index (χ0v) is 12.4. The number of halogens is 2. The highest BCUT2D eigenvalue weighted by atomic mass is 35.5. The highest BCUT2D eigenvalue weighted by Crippen LogP contribution is 2.32. The molecule has 0 N–H and O–H groups in total. The standard InChI is InChI=1S/C13H10Cl2N2O4/c1-20-9-2-3-12(11(4-9)17(18)19)21-7-8-6-16-13(15)5-10(8)14/h2-6H,7H2,1H3. The second-order valence-corrected chi connectivity index (χ2v) is 4.77. The number of rotatable bonds is 5. The molecule has 0 spiro atoms. The van der Waals surface area contributed by atoms with Gasteiger partial charge >= 0.3 is 5.69 Å². The van der Waals surface area contributed by atoms with E-state index in [4.69, 9.17) is 32.7 Å². The quantitative estimate of drug-likeness (QED) is 0.473. The molecule has 21 heavy (non-hydrogen) atoms. The summed E-state index contributed by atoms with van der Waals surface area (Å²) in [6.07, 6.45) is 1.46. The fourth-order valence-corrected chi connectivity index (χ4v) is 2.01. The Morgan fingerprint density at radius 2 is 2.10 bits per heavy atom. The third-order valence-electron chi connectivity index (χ3n) is 2.64. The first-order valence-electron chi connectivity index (χ1n) is 5.76. The zero-order valence-electron chi connectivity index (χ0n) is 10.9. The first-order valence-corrected chi connectivity index (χ1v) is 6.52. The van der Waals surface area contributed by atoms with Crippen molar-refractivity contribution in [3.05, 3.63) is 56.3 Å². The summed E-state index contributed by atoms with van der Waals surface area (Å²) in [6, 6.07) is 5.81. The number of hydrogen-bond acceptors (Lipinski definition) is 5. The highest BCUT2D eigenvalue weighted by Gasteiger charge is 2.17. The van der Waals surface area contributed by atoms with Crippen LogP contribution in [0.2, 0.25) is 10.2 Å². The van der Waals surface area contributed by atoms with Crippen LogP contribution in [0.3, 0.4) is 0 Å². The van der Waals surface area contributed by atoms with E-state index in [1.54, 1.807) is 6.07 Å². The number of hydrogen-bond donors (Lipinski definition) is 0. The van der Waals surface area contributed by atoms with Gasteiger partial charge < -0.3 is 9.47 Å². The van der Waals surface area contributed by atoms with Gasteiger partial charge in [0.1, 0.15) is 17.5 Å². The second-order valence-electron chi connectivity index (χ2n) is 3.98. The Morgan fingerprint density at radius 3 is 2.71 bits per heavy atom. The van der Waals surface area contributed by atoms with E-state index in [1.807, 2.05) is 0 Å². The molecule has 110 valence electrons. The molecule has 2 aromatic rings. The van der Waals surface area contributed by atoms with Crippen LogP contribution in [-0.4, -0.2) is 17.0 Å². The Labute approximate surface area is 130 Å². The van der Waals surface area contributed by atoms with E-state index in [1.165, 1.54) is 31.5 Å². The largest absolute Gasteiger partial charge is 0.496 e. The molecule has 1 aromatic carbocycles. The van der Waals surface area contributed by atoms with Crippen LogP contribution >= 0.6 is 23.2 Å². The first-order chi connectivity index (χ1) is 10.0. The normalized spacial score (nSPS) is 10.2. The molecular formula is C13H10Cl2N2O4. The van der Waals surface area contributed by atoms with Crippen LogP contribution < -0.4 is 9.47 Å². The van der Waals surface area contributed by atoms with E-state index in [0.717, 1.165) is 0 Å². The van der Waals surface area contributed by atoms with Gasteiger partial charge in [-0.05, 0) is 18.2 Å². The van der Waals surface area contributed by atoms with Crippen LogP contribution in [-0.2, 0) is 6.61 Å². The van der Waals surface area contributed by atoms with Crippen molar-refractivity contribution >= 4 is 28.9 Å². The van der Waals surface area contributed by atoms with Crippen molar-refractivity contribution < 1.29 is 14.4 Å². The van der Waals surface area contributed by atoms with Crippen molar-refractivity contribution in [2.75, 3.05) is 7.11 Å². The summed E-state index contributed by atoms with van der Waals surface area (Å²) in [7, 11) is 1.43. The predicted molar refractivity (Wildman–Crippen MR) is 78.2 cm³/mol. The van der Waals surface area contributed by atoms with E-state index in [-0.39, 0.29) is 23.2 Å². The lowest BCUT2D eigenvalue weighted by Gasteiger charge is -2.09. The molecule has 0 unspecified atom stereocenters. The fourth-order valence-electron chi connectivity index (χ4n) is 1.59. The van der Waals surface area contributed by atoms with Gasteiger partial charge in [-0.25, -0.2) is 4.98 Å². The molecular weight excluding hydrogens is 319 g/mol. The molecule has 0 amide bonds. The van der Waals surface area contributed by atoms with Gasteiger partial charge in [0.25, 0.3) is 0 Å². The molecule has 6 nitrogen and oxygen atoms in total. The molecule has 0 fully saturated rings. The number of pyridine rings is 1. The van der Waals surface area contributed by atoms with Crippen molar-refractivity contribution in [1.29, 1.82) is 0 Å². The van der Waals surface area contributed by atoms with Crippen molar-refractivity contribution in [2.45, 2.75) is 6.61 Å². The molecule has 1 aromatic heterocycles. The Kier molecular flexibility index (Phi) is 4.82. The number of benzene rings is 1. The van der Waals surface area contributed by atoms with E-state index >= 15 is 0 Å². The van der Waals surface area contributed by atoms with Crippen molar-refractivity contribution in [3.63, 3.8) is 0 Å². The summed E-state index contributed by atoms with van der Waals surface area (Å²) < 4.78 is 10.4. The molecule has 0 saturated carbocycles. The lowest BCUT2D eigenvalue weighted by atomic mass is 10.2. The molecule has 0 saturated heterocycles. The van der Waals surface area contributed by atoms with E-state index in [2.05, 4.69) is 4.98 Å². The maximum atomic E-state index is 11.0. The molecule has 0 radical (unpaired) electrons. The van der Waals surface area contributed by atoms with Crippen molar-refractivity contribution in [3.8, 4) is 11.5 Å². The molecule has 8 heteroatoms. The maximum Gasteiger partial charge on any atom is 0.314 e. The maximum absolute atomic E-state index is 11.0. The first kappa shape index (κ1) is 15.3. The average Bonchev–Trinajstić information content (AvgIpc) is 2.46. The van der Waals surface area contributed by atoms with E-state index < -0.39 is 4.92 Å². The summed E-state index contributed by atoms with van der Waals surface area (Å²) in [5, 5.41) is 11.7. The lowest BCUT2D eigenvalue weighted by molar-refractivity contribution is -0.386. The summed E-state index contributed by atoms with van der Waals surface area (Å²) in [5.41, 5.74) is 0.388. The minimum atomic E-state index is -0.542. The highest BCUT2D eigenvalue weighted by molar-refractivity contribution is 6.34. The SMILES string of the molecule is COc1ccc(OCc2cnc(Cl)cc2Cl)c([N+](=O)[O-])c1. The summed E-state index contributed by atoms with van der Waals surface area (Å²) in [5.74, 6) is 0.493. The van der Waals surface area contributed by atoms with Gasteiger partial charge in [0.05, 0.1) is 23.1 Å². The molecule has 2 rings (SSSR count). The monoisotopic (exact) mass is 328 g/mol. The summed E-state index contributed by atoms with van der Waals surface area (Å²) in [4.78, 5) is 14.4. The number of ether oxygens (including phenoxy) is 2. The Bertz CT molecular complexity index is 679. The number of methoxy groups -OCH3 is 1. The number of nitro groups is 1. The topological polar surface area (TPSA) is 74.5 Å². The number of nitro benzene ring substituents is 1. The Hall–Kier alpha value is -2.05.